The summed E-state index contributed by atoms with van der Waals surface area (Å²) in [4.78, 5) is 25.9. The van der Waals surface area contributed by atoms with Gasteiger partial charge in [0.15, 0.2) is 17.3 Å². The molecule has 1 N–H and O–H groups in total. The van der Waals surface area contributed by atoms with Crippen molar-refractivity contribution >= 4 is 28.3 Å². The zero-order valence-electron chi connectivity index (χ0n) is 19.6. The molecule has 1 amide bonds. The van der Waals surface area contributed by atoms with E-state index >= 15 is 0 Å². The fourth-order valence-electron chi connectivity index (χ4n) is 3.77. The number of carbonyl (C=O) groups is 2. The van der Waals surface area contributed by atoms with Crippen LogP contribution in [0, 0.1) is 13.8 Å². The highest BCUT2D eigenvalue weighted by molar-refractivity contribution is 6.11. The number of amides is 1. The number of ether oxygens (including phenoxy) is 3. The molecule has 34 heavy (non-hydrogen) atoms. The van der Waals surface area contributed by atoms with Crippen LogP contribution in [-0.2, 0) is 0 Å². The summed E-state index contributed by atoms with van der Waals surface area (Å²) >= 11 is 0. The number of fused-ring (bicyclic) bond motifs is 1. The van der Waals surface area contributed by atoms with Crippen molar-refractivity contribution in [2.24, 2.45) is 0 Å². The monoisotopic (exact) mass is 459 g/mol. The lowest BCUT2D eigenvalue weighted by Crippen LogP contribution is -2.12. The third-order valence-corrected chi connectivity index (χ3v) is 5.64. The van der Waals surface area contributed by atoms with Crippen molar-refractivity contribution in [1.29, 1.82) is 0 Å². The van der Waals surface area contributed by atoms with Crippen LogP contribution in [0.25, 0.3) is 11.0 Å². The Morgan fingerprint density at radius 2 is 1.44 bits per heavy atom. The van der Waals surface area contributed by atoms with Crippen LogP contribution in [0.2, 0.25) is 0 Å². The molecule has 0 aliphatic rings. The van der Waals surface area contributed by atoms with Crippen molar-refractivity contribution in [3.8, 4) is 17.2 Å². The number of hydrogen-bond donors (Lipinski definition) is 1. The van der Waals surface area contributed by atoms with Gasteiger partial charge in [-0.2, -0.15) is 0 Å². The van der Waals surface area contributed by atoms with Gasteiger partial charge in [-0.25, -0.2) is 0 Å². The summed E-state index contributed by atoms with van der Waals surface area (Å²) in [6.45, 7) is 3.82. The lowest BCUT2D eigenvalue weighted by molar-refractivity contribution is 0.101. The number of nitrogens with one attached hydrogen (secondary N) is 1. The third kappa shape index (κ3) is 4.20. The number of methoxy groups -OCH3 is 3. The summed E-state index contributed by atoms with van der Waals surface area (Å²) in [6, 6.07) is 15.8. The summed E-state index contributed by atoms with van der Waals surface area (Å²) in [6.07, 6.45) is 0. The minimum absolute atomic E-state index is 0.184. The Morgan fingerprint density at radius 3 is 2.03 bits per heavy atom. The molecule has 1 heterocycles. The van der Waals surface area contributed by atoms with Crippen LogP contribution in [0.1, 0.15) is 37.6 Å². The smallest absolute Gasteiger partial charge is 0.255 e. The van der Waals surface area contributed by atoms with E-state index in [9.17, 15) is 9.59 Å². The van der Waals surface area contributed by atoms with Gasteiger partial charge >= 0.3 is 0 Å². The molecule has 0 atom stereocenters. The maximum atomic E-state index is 13.0. The number of ketones is 1. The molecule has 0 saturated carbocycles. The van der Waals surface area contributed by atoms with Gasteiger partial charge < -0.3 is 23.9 Å². The molecule has 0 spiro atoms. The SMILES string of the molecule is COc1cc(C(=O)Nc2ccc3c(C)c(C(=O)c4ccc(C)cc4)oc3c2)cc(OC)c1OC. The fraction of sp³-hybridized carbons (Fsp3) is 0.185. The van der Waals surface area contributed by atoms with Gasteiger partial charge in [-0.1, -0.05) is 29.8 Å². The number of benzene rings is 3. The number of hydrogen-bond acceptors (Lipinski definition) is 6. The lowest BCUT2D eigenvalue weighted by atomic mass is 10.0. The zero-order chi connectivity index (χ0) is 24.4. The van der Waals surface area contributed by atoms with Crippen LogP contribution in [0.15, 0.2) is 59.0 Å². The molecule has 0 radical (unpaired) electrons. The first-order valence-electron chi connectivity index (χ1n) is 10.6. The van der Waals surface area contributed by atoms with E-state index in [0.29, 0.717) is 39.6 Å². The van der Waals surface area contributed by atoms with E-state index in [1.807, 2.05) is 32.0 Å². The van der Waals surface area contributed by atoms with Crippen molar-refractivity contribution in [2.45, 2.75) is 13.8 Å². The Morgan fingerprint density at radius 1 is 0.794 bits per heavy atom. The summed E-state index contributed by atoms with van der Waals surface area (Å²) < 4.78 is 21.9. The van der Waals surface area contributed by atoms with Crippen LogP contribution < -0.4 is 19.5 Å². The number of rotatable bonds is 7. The second kappa shape index (κ2) is 9.31. The highest BCUT2D eigenvalue weighted by Crippen LogP contribution is 2.38. The molecular weight excluding hydrogens is 434 g/mol. The van der Waals surface area contributed by atoms with Gasteiger partial charge in [0.2, 0.25) is 11.5 Å². The molecule has 0 fully saturated rings. The van der Waals surface area contributed by atoms with Gasteiger partial charge in [-0.15, -0.1) is 0 Å². The number of anilines is 1. The maximum Gasteiger partial charge on any atom is 0.255 e. The number of furan rings is 1. The molecule has 7 nitrogen and oxygen atoms in total. The molecule has 1 aromatic heterocycles. The molecule has 174 valence electrons. The molecule has 4 aromatic rings. The van der Waals surface area contributed by atoms with Crippen LogP contribution in [0.3, 0.4) is 0 Å². The van der Waals surface area contributed by atoms with Crippen molar-refractivity contribution < 1.29 is 28.2 Å². The quantitative estimate of drug-likeness (QED) is 0.364. The van der Waals surface area contributed by atoms with Crippen LogP contribution >= 0.6 is 0 Å². The molecule has 3 aromatic carbocycles. The van der Waals surface area contributed by atoms with Gasteiger partial charge in [0.05, 0.1) is 21.3 Å². The van der Waals surface area contributed by atoms with E-state index < -0.39 is 0 Å². The summed E-state index contributed by atoms with van der Waals surface area (Å²) in [5.41, 5.74) is 3.75. The average Bonchev–Trinajstić information content (AvgIpc) is 3.18. The summed E-state index contributed by atoms with van der Waals surface area (Å²) in [5.74, 6) is 0.896. The van der Waals surface area contributed by atoms with Crippen molar-refractivity contribution in [3.05, 3.63) is 82.6 Å². The van der Waals surface area contributed by atoms with Crippen LogP contribution in [-0.4, -0.2) is 33.0 Å². The molecule has 7 heteroatoms. The highest BCUT2D eigenvalue weighted by atomic mass is 16.5. The maximum absolute atomic E-state index is 13.0. The fourth-order valence-corrected chi connectivity index (χ4v) is 3.77. The van der Waals surface area contributed by atoms with Crippen molar-refractivity contribution in [3.63, 3.8) is 0 Å². The Bertz CT molecular complexity index is 1360. The van der Waals surface area contributed by atoms with E-state index in [-0.39, 0.29) is 17.5 Å². The second-order valence-electron chi connectivity index (χ2n) is 7.83. The molecule has 0 aliphatic heterocycles. The topological polar surface area (TPSA) is 87.0 Å². The molecular formula is C27H25NO6. The van der Waals surface area contributed by atoms with Gasteiger partial charge in [0, 0.05) is 33.8 Å². The number of aryl methyl sites for hydroxylation is 2. The minimum atomic E-state index is -0.363. The predicted octanol–water partition coefficient (Wildman–Crippen LogP) is 5.56. The lowest BCUT2D eigenvalue weighted by Gasteiger charge is -2.14. The number of carbonyl (C=O) groups excluding carboxylic acids is 2. The molecule has 0 unspecified atom stereocenters. The highest BCUT2D eigenvalue weighted by Gasteiger charge is 2.21. The molecule has 0 bridgehead atoms. The Kier molecular flexibility index (Phi) is 6.27. The third-order valence-electron chi connectivity index (χ3n) is 5.64. The molecule has 0 aliphatic carbocycles. The van der Waals surface area contributed by atoms with E-state index in [1.54, 1.807) is 36.4 Å². The predicted molar refractivity (Wildman–Crippen MR) is 130 cm³/mol. The molecule has 4 rings (SSSR count). The summed E-state index contributed by atoms with van der Waals surface area (Å²) in [5, 5.41) is 3.66. The van der Waals surface area contributed by atoms with E-state index in [2.05, 4.69) is 5.32 Å². The van der Waals surface area contributed by atoms with Gasteiger partial charge in [0.25, 0.3) is 5.91 Å². The van der Waals surface area contributed by atoms with Gasteiger partial charge in [0.1, 0.15) is 5.58 Å². The second-order valence-corrected chi connectivity index (χ2v) is 7.83. The zero-order valence-corrected chi connectivity index (χ0v) is 19.6. The Labute approximate surface area is 197 Å². The Balaban J connectivity index is 1.63. The first kappa shape index (κ1) is 22.9. The minimum Gasteiger partial charge on any atom is -0.493 e. The summed E-state index contributed by atoms with van der Waals surface area (Å²) in [7, 11) is 4.47. The van der Waals surface area contributed by atoms with Crippen LogP contribution in [0.5, 0.6) is 17.2 Å². The van der Waals surface area contributed by atoms with Crippen molar-refractivity contribution in [1.82, 2.24) is 0 Å². The van der Waals surface area contributed by atoms with Crippen LogP contribution in [0.4, 0.5) is 5.69 Å². The van der Waals surface area contributed by atoms with E-state index in [1.165, 1.54) is 21.3 Å². The normalized spacial score (nSPS) is 10.7. The van der Waals surface area contributed by atoms with E-state index in [0.717, 1.165) is 16.5 Å². The van der Waals surface area contributed by atoms with Gasteiger partial charge in [-0.3, -0.25) is 9.59 Å². The average molecular weight is 459 g/mol. The molecule has 0 saturated heterocycles. The van der Waals surface area contributed by atoms with Gasteiger partial charge in [-0.05, 0) is 38.1 Å². The first-order valence-corrected chi connectivity index (χ1v) is 10.6. The standard InChI is InChI=1S/C27H25NO6/c1-15-6-8-17(9-7-15)24(29)25-16(2)20-11-10-19(14-21(20)34-25)28-27(30)18-12-22(31-3)26(33-5)23(13-18)32-4/h6-14H,1-5H3,(H,28,30). The Hall–Kier alpha value is -4.26. The largest absolute Gasteiger partial charge is 0.493 e. The van der Waals surface area contributed by atoms with E-state index in [4.69, 9.17) is 18.6 Å². The first-order chi connectivity index (χ1) is 16.4. The van der Waals surface area contributed by atoms with Crippen molar-refractivity contribution in [2.75, 3.05) is 26.6 Å².